The van der Waals surface area contributed by atoms with Gasteiger partial charge in [-0.3, -0.25) is 44.9 Å². The first-order chi connectivity index (χ1) is 27.0. The van der Waals surface area contributed by atoms with Crippen LogP contribution >= 0.6 is 0 Å². The van der Waals surface area contributed by atoms with Crippen molar-refractivity contribution in [1.29, 1.82) is 0 Å². The molecule has 0 saturated heterocycles. The largest absolute Gasteiger partial charge is 0.514 e. The normalized spacial score (nSPS) is 28.9. The first-order valence-electron chi connectivity index (χ1n) is 18.7. The van der Waals surface area contributed by atoms with E-state index >= 15 is 0 Å². The van der Waals surface area contributed by atoms with E-state index in [1.54, 1.807) is 6.08 Å². The summed E-state index contributed by atoms with van der Waals surface area (Å²) >= 11 is 0. The standard InChI is InChI=1S/C38H50N2O17/c1-36-14-12-25(41)20-24(36)9-10-26-27-13-15-38(37(27,2)21-28(42)33(26)36,57-32(44)7-6-18-55-40(49)50)31(43)22-53-35(46)56-29-11-8-23(19-30(29)51-3)34(45)52-16-4-5-17-54-39(47)48/h8,11-12,14,19-20,26-28,33,42,47-50H,4-7,9-10,13,15-18,21-22H2,1-3H3/t26?,27?,28?,33-,36+,37+,38+/m1/s1. The third kappa shape index (κ3) is 9.54. The number of esters is 2. The molecule has 19 nitrogen and oxygen atoms in total. The van der Waals surface area contributed by atoms with Crippen molar-refractivity contribution in [3.8, 4) is 11.5 Å². The molecule has 1 aromatic carbocycles. The molecule has 5 rings (SSSR count). The highest BCUT2D eigenvalue weighted by Crippen LogP contribution is 2.68. The number of nitrogens with zero attached hydrogens (tertiary/aromatic N) is 2. The lowest BCUT2D eigenvalue weighted by Crippen LogP contribution is -2.63. The molecule has 3 saturated carbocycles. The van der Waals surface area contributed by atoms with Crippen molar-refractivity contribution < 1.29 is 83.3 Å². The van der Waals surface area contributed by atoms with Crippen LogP contribution in [0.3, 0.4) is 0 Å². The topological polar surface area (TPSA) is 258 Å². The van der Waals surface area contributed by atoms with Gasteiger partial charge in [0.15, 0.2) is 29.5 Å². The van der Waals surface area contributed by atoms with Gasteiger partial charge in [-0.15, -0.1) is 0 Å². The number of ketones is 2. The van der Waals surface area contributed by atoms with Crippen molar-refractivity contribution in [1.82, 2.24) is 10.8 Å². The Kier molecular flexibility index (Phi) is 14.2. The summed E-state index contributed by atoms with van der Waals surface area (Å²) in [7, 11) is 1.28. The van der Waals surface area contributed by atoms with Crippen LogP contribution in [0.5, 0.6) is 11.5 Å². The van der Waals surface area contributed by atoms with Gasteiger partial charge < -0.3 is 28.8 Å². The number of fused-ring (bicyclic) bond motifs is 5. The number of aliphatic hydroxyl groups excluding tert-OH is 1. The smallest absolute Gasteiger partial charge is 0.493 e. The van der Waals surface area contributed by atoms with Crippen molar-refractivity contribution in [3.63, 3.8) is 0 Å². The fourth-order valence-corrected chi connectivity index (χ4v) is 9.44. The van der Waals surface area contributed by atoms with Gasteiger partial charge in [-0.1, -0.05) is 25.5 Å². The average Bonchev–Trinajstić information content (AvgIpc) is 3.45. The Morgan fingerprint density at radius 2 is 1.61 bits per heavy atom. The molecule has 0 spiro atoms. The first kappa shape index (κ1) is 43.8. The van der Waals surface area contributed by atoms with E-state index in [4.69, 9.17) is 44.5 Å². The predicted molar refractivity (Wildman–Crippen MR) is 188 cm³/mol. The summed E-state index contributed by atoms with van der Waals surface area (Å²) in [6.45, 7) is 2.72. The zero-order valence-electron chi connectivity index (χ0n) is 32.0. The van der Waals surface area contributed by atoms with Crippen molar-refractivity contribution in [2.75, 3.05) is 33.5 Å². The molecule has 57 heavy (non-hydrogen) atoms. The molecule has 0 heterocycles. The number of aliphatic hydroxyl groups is 1. The Bertz CT molecular complexity index is 1730. The first-order valence-corrected chi connectivity index (χ1v) is 18.7. The van der Waals surface area contributed by atoms with Crippen LogP contribution in [-0.4, -0.2) is 112 Å². The van der Waals surface area contributed by atoms with E-state index in [2.05, 4.69) is 9.68 Å². The summed E-state index contributed by atoms with van der Waals surface area (Å²) in [4.78, 5) is 74.5. The third-order valence-corrected chi connectivity index (χ3v) is 12.0. The van der Waals surface area contributed by atoms with E-state index in [9.17, 15) is 29.1 Å². The quantitative estimate of drug-likeness (QED) is 0.0460. The molecule has 4 aliphatic rings. The number of hydrogen-bond donors (Lipinski definition) is 5. The maximum Gasteiger partial charge on any atom is 0.514 e. The van der Waals surface area contributed by atoms with Crippen molar-refractivity contribution in [3.05, 3.63) is 47.6 Å². The average molecular weight is 807 g/mol. The summed E-state index contributed by atoms with van der Waals surface area (Å²) in [6.07, 6.45) is 5.17. The number of rotatable bonds is 18. The molecule has 3 fully saturated rings. The highest BCUT2D eigenvalue weighted by molar-refractivity contribution is 6.01. The van der Waals surface area contributed by atoms with Gasteiger partial charge in [0.1, 0.15) is 0 Å². The van der Waals surface area contributed by atoms with Crippen LogP contribution in [0.1, 0.15) is 82.0 Å². The van der Waals surface area contributed by atoms with Gasteiger partial charge in [0.25, 0.3) is 0 Å². The molecule has 19 heteroatoms. The lowest BCUT2D eigenvalue weighted by Gasteiger charge is -2.59. The van der Waals surface area contributed by atoms with Gasteiger partial charge in [0.05, 0.1) is 49.4 Å². The maximum atomic E-state index is 14.4. The summed E-state index contributed by atoms with van der Waals surface area (Å²) in [5.74, 6) is -3.02. The number of methoxy groups -OCH3 is 1. The molecule has 0 amide bonds. The van der Waals surface area contributed by atoms with Crippen LogP contribution in [0.4, 0.5) is 4.79 Å². The van der Waals surface area contributed by atoms with Gasteiger partial charge in [-0.05, 0) is 93.6 Å². The van der Waals surface area contributed by atoms with Gasteiger partial charge in [-0.2, -0.15) is 0 Å². The SMILES string of the molecule is COc1cc(C(=O)OCCCCON(O)O)ccc1OC(=O)OCC(=O)[C@@]1(OC(=O)CCCON(O)O)CCC2C3CCC4=CC(=O)C=C[C@]4(C)[C@H]3C(O)C[C@@]21C. The lowest BCUT2D eigenvalue weighted by atomic mass is 9.46. The summed E-state index contributed by atoms with van der Waals surface area (Å²) < 4.78 is 27.2. The van der Waals surface area contributed by atoms with Crippen molar-refractivity contribution in [2.24, 2.45) is 28.6 Å². The Morgan fingerprint density at radius 3 is 2.32 bits per heavy atom. The van der Waals surface area contributed by atoms with E-state index in [0.29, 0.717) is 32.1 Å². The molecule has 0 aliphatic heterocycles. The molecular formula is C38H50N2O17. The Balaban J connectivity index is 1.28. The fraction of sp³-hybridized carbons (Fsp3) is 0.605. The zero-order chi connectivity index (χ0) is 41.5. The molecular weight excluding hydrogens is 756 g/mol. The van der Waals surface area contributed by atoms with Gasteiger partial charge in [0, 0.05) is 23.2 Å². The minimum Gasteiger partial charge on any atom is -0.493 e. The van der Waals surface area contributed by atoms with E-state index in [0.717, 1.165) is 5.57 Å². The molecule has 0 bridgehead atoms. The van der Waals surface area contributed by atoms with Crippen LogP contribution in [0, 0.1) is 28.6 Å². The highest BCUT2D eigenvalue weighted by Gasteiger charge is 2.70. The van der Waals surface area contributed by atoms with Crippen LogP contribution < -0.4 is 9.47 Å². The second-order valence-corrected chi connectivity index (χ2v) is 15.1. The lowest BCUT2D eigenvalue weighted by molar-refractivity contribution is -0.492. The predicted octanol–water partition coefficient (Wildman–Crippen LogP) is 4.08. The van der Waals surface area contributed by atoms with E-state index < -0.39 is 63.8 Å². The van der Waals surface area contributed by atoms with Crippen LogP contribution in [0.2, 0.25) is 0 Å². The van der Waals surface area contributed by atoms with Crippen molar-refractivity contribution >= 4 is 29.7 Å². The number of ether oxygens (including phenoxy) is 5. The second kappa shape index (κ2) is 18.5. The van der Waals surface area contributed by atoms with Gasteiger partial charge in [-0.25, -0.2) is 9.59 Å². The fourth-order valence-electron chi connectivity index (χ4n) is 9.44. The second-order valence-electron chi connectivity index (χ2n) is 15.1. The molecule has 1 aromatic rings. The number of hydrogen-bond acceptors (Lipinski definition) is 19. The monoisotopic (exact) mass is 806 g/mol. The molecule has 5 N–H and O–H groups in total. The van der Waals surface area contributed by atoms with E-state index in [-0.39, 0.29) is 86.1 Å². The van der Waals surface area contributed by atoms with Gasteiger partial charge >= 0.3 is 18.1 Å². The Hall–Kier alpha value is -4.31. The number of Topliss-reactive ketones (excluding diaryl/α,β-unsaturated/α-hetero) is 1. The number of carbonyl (C=O) groups excluding carboxylic acids is 5. The zero-order valence-corrected chi connectivity index (χ0v) is 32.0. The van der Waals surface area contributed by atoms with E-state index in [1.165, 1.54) is 31.4 Å². The number of carbonyl (C=O) groups is 5. The molecule has 0 radical (unpaired) electrons. The third-order valence-electron chi connectivity index (χ3n) is 12.0. The molecule has 3 unspecified atom stereocenters. The highest BCUT2D eigenvalue weighted by atomic mass is 17.1. The van der Waals surface area contributed by atoms with Gasteiger partial charge in [0.2, 0.25) is 5.78 Å². The summed E-state index contributed by atoms with van der Waals surface area (Å²) in [6, 6.07) is 3.87. The molecule has 4 aliphatic carbocycles. The Morgan fingerprint density at radius 1 is 0.912 bits per heavy atom. The van der Waals surface area contributed by atoms with Crippen molar-refractivity contribution in [2.45, 2.75) is 83.3 Å². The van der Waals surface area contributed by atoms with Crippen LogP contribution in [-0.2, 0) is 38.3 Å². The number of allylic oxidation sites excluding steroid dienone is 4. The summed E-state index contributed by atoms with van der Waals surface area (Å²) in [5, 5.41) is 45.8. The minimum absolute atomic E-state index is 0.00845. The minimum atomic E-state index is -1.82. The van der Waals surface area contributed by atoms with E-state index in [1.807, 2.05) is 19.9 Å². The van der Waals surface area contributed by atoms with Crippen LogP contribution in [0.15, 0.2) is 42.0 Å². The maximum absolute atomic E-state index is 14.4. The molecule has 7 atom stereocenters. The number of unbranched alkanes of at least 4 members (excludes halogenated alkanes) is 1. The number of benzene rings is 1. The van der Waals surface area contributed by atoms with Crippen LogP contribution in [0.25, 0.3) is 0 Å². The molecule has 314 valence electrons. The molecule has 0 aromatic heterocycles. The Labute approximate surface area is 328 Å². The summed E-state index contributed by atoms with van der Waals surface area (Å²) in [5.41, 5.74) is -2.46.